The Balaban J connectivity index is 1.98. The third kappa shape index (κ3) is 3.53. The molecule has 0 heterocycles. The van der Waals surface area contributed by atoms with Crippen molar-refractivity contribution in [3.8, 4) is 0 Å². The van der Waals surface area contributed by atoms with Gasteiger partial charge in [0, 0.05) is 24.3 Å². The van der Waals surface area contributed by atoms with Gasteiger partial charge in [-0.2, -0.15) is 0 Å². The van der Waals surface area contributed by atoms with Crippen molar-refractivity contribution >= 4 is 11.6 Å². The first kappa shape index (κ1) is 14.9. The second-order valence-corrected chi connectivity index (χ2v) is 6.79. The van der Waals surface area contributed by atoms with E-state index >= 15 is 0 Å². The molecule has 0 saturated heterocycles. The van der Waals surface area contributed by atoms with Gasteiger partial charge in [0.25, 0.3) is 5.91 Å². The van der Waals surface area contributed by atoms with E-state index in [1.54, 1.807) is 7.05 Å². The van der Waals surface area contributed by atoms with Crippen LogP contribution in [0.15, 0.2) is 24.3 Å². The highest BCUT2D eigenvalue weighted by Gasteiger charge is 2.32. The summed E-state index contributed by atoms with van der Waals surface area (Å²) >= 11 is 0. The zero-order chi connectivity index (χ0) is 14.8. The molecule has 1 saturated carbocycles. The van der Waals surface area contributed by atoms with Crippen LogP contribution in [0.5, 0.6) is 0 Å². The number of carbonyl (C=O) groups is 1. The van der Waals surface area contributed by atoms with Crippen molar-refractivity contribution in [1.82, 2.24) is 5.32 Å². The molecule has 1 aliphatic carbocycles. The highest BCUT2D eigenvalue weighted by molar-refractivity contribution is 5.94. The van der Waals surface area contributed by atoms with Gasteiger partial charge in [-0.3, -0.25) is 4.79 Å². The zero-order valence-corrected chi connectivity index (χ0v) is 13.0. The molecule has 3 heteroatoms. The number of carbonyl (C=O) groups excluding carboxylic acids is 1. The predicted octanol–water partition coefficient (Wildman–Crippen LogP) is 3.67. The van der Waals surface area contributed by atoms with E-state index in [-0.39, 0.29) is 5.91 Å². The van der Waals surface area contributed by atoms with Crippen molar-refractivity contribution < 1.29 is 4.79 Å². The van der Waals surface area contributed by atoms with Crippen LogP contribution in [0.25, 0.3) is 0 Å². The normalized spacial score (nSPS) is 25.0. The van der Waals surface area contributed by atoms with Gasteiger partial charge >= 0.3 is 0 Å². The van der Waals surface area contributed by atoms with Crippen molar-refractivity contribution in [3.05, 3.63) is 29.8 Å². The number of anilines is 1. The molecule has 1 aliphatic rings. The van der Waals surface area contributed by atoms with Crippen LogP contribution < -0.4 is 10.6 Å². The molecule has 110 valence electrons. The van der Waals surface area contributed by atoms with E-state index in [9.17, 15) is 4.79 Å². The van der Waals surface area contributed by atoms with Crippen molar-refractivity contribution in [2.45, 2.75) is 46.1 Å². The fraction of sp³-hybridized carbons (Fsp3) is 0.588. The van der Waals surface area contributed by atoms with Crippen LogP contribution in [0.4, 0.5) is 5.69 Å². The summed E-state index contributed by atoms with van der Waals surface area (Å²) in [5, 5.41) is 6.26. The molecule has 1 aromatic carbocycles. The Hall–Kier alpha value is -1.51. The van der Waals surface area contributed by atoms with Gasteiger partial charge in [-0.1, -0.05) is 20.8 Å². The molecule has 2 rings (SSSR count). The van der Waals surface area contributed by atoms with Crippen LogP contribution in [-0.2, 0) is 0 Å². The summed E-state index contributed by atoms with van der Waals surface area (Å²) in [4.78, 5) is 11.5. The monoisotopic (exact) mass is 274 g/mol. The van der Waals surface area contributed by atoms with E-state index in [4.69, 9.17) is 0 Å². The van der Waals surface area contributed by atoms with Gasteiger partial charge in [-0.05, 0) is 54.9 Å². The molecule has 0 bridgehead atoms. The number of benzene rings is 1. The van der Waals surface area contributed by atoms with Crippen LogP contribution in [0, 0.1) is 11.3 Å². The minimum Gasteiger partial charge on any atom is -0.382 e. The molecule has 0 aromatic heterocycles. The van der Waals surface area contributed by atoms with Gasteiger partial charge in [0.05, 0.1) is 0 Å². The van der Waals surface area contributed by atoms with Crippen LogP contribution in [0.1, 0.15) is 50.4 Å². The lowest BCUT2D eigenvalue weighted by Crippen LogP contribution is -2.36. The van der Waals surface area contributed by atoms with E-state index in [1.165, 1.54) is 19.3 Å². The summed E-state index contributed by atoms with van der Waals surface area (Å²) in [5.41, 5.74) is 2.28. The number of amides is 1. The SMILES string of the molecule is CNC(=O)c1ccc(NC2CCC(C)(C)CC2C)cc1. The van der Waals surface area contributed by atoms with Crippen molar-refractivity contribution in [1.29, 1.82) is 0 Å². The summed E-state index contributed by atoms with van der Waals surface area (Å²) < 4.78 is 0. The summed E-state index contributed by atoms with van der Waals surface area (Å²) in [6, 6.07) is 8.28. The maximum atomic E-state index is 11.5. The van der Waals surface area contributed by atoms with E-state index in [0.29, 0.717) is 22.9 Å². The first-order valence-electron chi connectivity index (χ1n) is 7.50. The molecule has 1 fully saturated rings. The molecule has 2 unspecified atom stereocenters. The Bertz CT molecular complexity index is 464. The third-order valence-corrected chi connectivity index (χ3v) is 4.42. The van der Waals surface area contributed by atoms with E-state index < -0.39 is 0 Å². The van der Waals surface area contributed by atoms with Crippen molar-refractivity contribution in [3.63, 3.8) is 0 Å². The number of rotatable bonds is 3. The minimum atomic E-state index is -0.0377. The average molecular weight is 274 g/mol. The average Bonchev–Trinajstić information content (AvgIpc) is 2.41. The van der Waals surface area contributed by atoms with Gasteiger partial charge in [0.15, 0.2) is 0 Å². The second-order valence-electron chi connectivity index (χ2n) is 6.79. The maximum absolute atomic E-state index is 11.5. The van der Waals surface area contributed by atoms with Crippen molar-refractivity contribution in [2.75, 3.05) is 12.4 Å². The van der Waals surface area contributed by atoms with E-state index in [0.717, 1.165) is 5.69 Å². The van der Waals surface area contributed by atoms with E-state index in [2.05, 4.69) is 31.4 Å². The molecule has 0 radical (unpaired) electrons. The van der Waals surface area contributed by atoms with Crippen LogP contribution in [0.3, 0.4) is 0 Å². The lowest BCUT2D eigenvalue weighted by Gasteiger charge is -2.40. The summed E-state index contributed by atoms with van der Waals surface area (Å²) in [7, 11) is 1.65. The molecule has 2 N–H and O–H groups in total. The first-order chi connectivity index (χ1) is 9.41. The summed E-state index contributed by atoms with van der Waals surface area (Å²) in [6.07, 6.45) is 3.75. The van der Waals surface area contributed by atoms with Crippen LogP contribution >= 0.6 is 0 Å². The molecule has 2 atom stereocenters. The second kappa shape index (κ2) is 5.86. The fourth-order valence-electron chi connectivity index (χ4n) is 3.24. The van der Waals surface area contributed by atoms with Gasteiger partial charge in [-0.15, -0.1) is 0 Å². The van der Waals surface area contributed by atoms with Crippen molar-refractivity contribution in [2.24, 2.45) is 11.3 Å². The van der Waals surface area contributed by atoms with E-state index in [1.807, 2.05) is 24.3 Å². The maximum Gasteiger partial charge on any atom is 0.251 e. The fourth-order valence-corrected chi connectivity index (χ4v) is 3.24. The molecule has 20 heavy (non-hydrogen) atoms. The molecule has 1 aromatic rings. The standard InChI is InChI=1S/C17H26N2O/c1-12-11-17(2,3)10-9-15(12)19-14-7-5-13(6-8-14)16(20)18-4/h5-8,12,15,19H,9-11H2,1-4H3,(H,18,20). The lowest BCUT2D eigenvalue weighted by molar-refractivity contribution is 0.0963. The number of hydrogen-bond donors (Lipinski definition) is 2. The Morgan fingerprint density at radius 3 is 2.45 bits per heavy atom. The summed E-state index contributed by atoms with van der Waals surface area (Å²) in [6.45, 7) is 7.05. The highest BCUT2D eigenvalue weighted by atomic mass is 16.1. The lowest BCUT2D eigenvalue weighted by atomic mass is 9.70. The number of hydrogen-bond acceptors (Lipinski definition) is 2. The van der Waals surface area contributed by atoms with Gasteiger partial charge in [0.1, 0.15) is 0 Å². The van der Waals surface area contributed by atoms with Crippen LogP contribution in [0.2, 0.25) is 0 Å². The molecular weight excluding hydrogens is 248 g/mol. The van der Waals surface area contributed by atoms with Crippen LogP contribution in [-0.4, -0.2) is 19.0 Å². The molecule has 1 amide bonds. The third-order valence-electron chi connectivity index (χ3n) is 4.42. The predicted molar refractivity (Wildman–Crippen MR) is 84.0 cm³/mol. The highest BCUT2D eigenvalue weighted by Crippen LogP contribution is 2.39. The zero-order valence-electron chi connectivity index (χ0n) is 13.0. The number of nitrogens with one attached hydrogen (secondary N) is 2. The molecular formula is C17H26N2O. The quantitative estimate of drug-likeness (QED) is 0.883. The molecule has 0 aliphatic heterocycles. The molecule has 3 nitrogen and oxygen atoms in total. The van der Waals surface area contributed by atoms with Gasteiger partial charge in [0.2, 0.25) is 0 Å². The topological polar surface area (TPSA) is 41.1 Å². The first-order valence-corrected chi connectivity index (χ1v) is 7.50. The Morgan fingerprint density at radius 1 is 1.25 bits per heavy atom. The molecule has 0 spiro atoms. The van der Waals surface area contributed by atoms with Gasteiger partial charge < -0.3 is 10.6 Å². The Labute approximate surface area is 122 Å². The smallest absolute Gasteiger partial charge is 0.251 e. The van der Waals surface area contributed by atoms with Gasteiger partial charge in [-0.25, -0.2) is 0 Å². The Kier molecular flexibility index (Phi) is 4.36. The summed E-state index contributed by atoms with van der Waals surface area (Å²) in [5.74, 6) is 0.640. The minimum absolute atomic E-state index is 0.0377. The Morgan fingerprint density at radius 2 is 1.90 bits per heavy atom. The largest absolute Gasteiger partial charge is 0.382 e.